The number of likely N-dealkylation sites (tertiary alicyclic amines) is 1. The van der Waals surface area contributed by atoms with Gasteiger partial charge in [-0.25, -0.2) is 0 Å². The van der Waals surface area contributed by atoms with Gasteiger partial charge in [-0.1, -0.05) is 37.3 Å². The Labute approximate surface area is 147 Å². The molecule has 3 rings (SSSR count). The molecule has 1 aliphatic heterocycles. The van der Waals surface area contributed by atoms with E-state index < -0.39 is 5.97 Å². The van der Waals surface area contributed by atoms with Gasteiger partial charge in [-0.2, -0.15) is 0 Å². The normalized spacial score (nSPS) is 20.4. The van der Waals surface area contributed by atoms with E-state index in [2.05, 4.69) is 10.2 Å². The van der Waals surface area contributed by atoms with Crippen LogP contribution in [0.1, 0.15) is 22.8 Å². The molecule has 0 aliphatic carbocycles. The van der Waals surface area contributed by atoms with E-state index >= 15 is 0 Å². The molecule has 0 saturated carbocycles. The number of carboxylic acid groups (broad SMARTS) is 1. The molecule has 1 saturated heterocycles. The molecule has 130 valence electrons. The van der Waals surface area contributed by atoms with Gasteiger partial charge in [0.25, 0.3) is 5.91 Å². The second kappa shape index (κ2) is 7.49. The van der Waals surface area contributed by atoms with Crippen molar-refractivity contribution in [1.82, 2.24) is 4.90 Å². The summed E-state index contributed by atoms with van der Waals surface area (Å²) >= 11 is 0. The lowest BCUT2D eigenvalue weighted by Gasteiger charge is -2.16. The third-order valence-electron chi connectivity index (χ3n) is 4.63. The van der Waals surface area contributed by atoms with Gasteiger partial charge >= 0.3 is 5.97 Å². The molecule has 0 spiro atoms. The number of hydrogen-bond donors (Lipinski definition) is 2. The van der Waals surface area contributed by atoms with E-state index in [0.717, 1.165) is 17.8 Å². The summed E-state index contributed by atoms with van der Waals surface area (Å²) in [6.45, 7) is 3.94. The van der Waals surface area contributed by atoms with Gasteiger partial charge in [0.1, 0.15) is 0 Å². The minimum Gasteiger partial charge on any atom is -0.481 e. The third-order valence-corrected chi connectivity index (χ3v) is 4.63. The number of anilines is 1. The number of aliphatic carboxylic acids is 1. The summed E-state index contributed by atoms with van der Waals surface area (Å²) in [5.74, 6) is -1.05. The average Bonchev–Trinajstić information content (AvgIpc) is 2.96. The van der Waals surface area contributed by atoms with E-state index in [1.807, 2.05) is 55.5 Å². The highest BCUT2D eigenvalue weighted by Gasteiger charge is 2.34. The SMILES string of the molecule is C[C@@H]1CN(Cc2cccc(C(=O)Nc3ccccc3)c2)C[C@H]1C(=O)O. The van der Waals surface area contributed by atoms with Crippen LogP contribution in [0, 0.1) is 11.8 Å². The second-order valence-corrected chi connectivity index (χ2v) is 6.64. The van der Waals surface area contributed by atoms with E-state index in [9.17, 15) is 14.7 Å². The molecule has 2 aromatic rings. The summed E-state index contributed by atoms with van der Waals surface area (Å²) < 4.78 is 0. The lowest BCUT2D eigenvalue weighted by atomic mass is 9.99. The number of rotatable bonds is 5. The molecule has 0 radical (unpaired) electrons. The lowest BCUT2D eigenvalue weighted by molar-refractivity contribution is -0.142. The maximum atomic E-state index is 12.4. The Hall–Kier alpha value is -2.66. The van der Waals surface area contributed by atoms with Gasteiger partial charge in [0.05, 0.1) is 5.92 Å². The molecule has 0 aromatic heterocycles. The van der Waals surface area contributed by atoms with Crippen molar-refractivity contribution in [3.05, 3.63) is 65.7 Å². The number of carbonyl (C=O) groups is 2. The minimum absolute atomic E-state index is 0.141. The van der Waals surface area contributed by atoms with Crippen molar-refractivity contribution < 1.29 is 14.7 Å². The molecule has 1 fully saturated rings. The smallest absolute Gasteiger partial charge is 0.308 e. The fraction of sp³-hybridized carbons (Fsp3) is 0.300. The number of carboxylic acids is 1. The van der Waals surface area contributed by atoms with Gasteiger partial charge in [-0.3, -0.25) is 14.5 Å². The topological polar surface area (TPSA) is 69.6 Å². The highest BCUT2D eigenvalue weighted by molar-refractivity contribution is 6.04. The molecule has 2 aromatic carbocycles. The molecular weight excluding hydrogens is 316 g/mol. The predicted molar refractivity (Wildman–Crippen MR) is 96.4 cm³/mol. The molecule has 0 unspecified atom stereocenters. The zero-order chi connectivity index (χ0) is 17.8. The standard InChI is InChI=1S/C20H22N2O3/c1-14-11-22(13-18(14)20(24)25)12-15-6-5-7-16(10-15)19(23)21-17-8-3-2-4-9-17/h2-10,14,18H,11-13H2,1H3,(H,21,23)(H,24,25)/t14-,18-/m1/s1. The molecule has 25 heavy (non-hydrogen) atoms. The van der Waals surface area contributed by atoms with Crippen LogP contribution in [0.25, 0.3) is 0 Å². The van der Waals surface area contributed by atoms with Crippen LogP contribution >= 0.6 is 0 Å². The molecule has 2 atom stereocenters. The van der Waals surface area contributed by atoms with Gasteiger partial charge < -0.3 is 10.4 Å². The first-order chi connectivity index (χ1) is 12.0. The quantitative estimate of drug-likeness (QED) is 0.879. The van der Waals surface area contributed by atoms with Gasteiger partial charge in [-0.05, 0) is 35.7 Å². The zero-order valence-corrected chi connectivity index (χ0v) is 14.2. The first kappa shape index (κ1) is 17.2. The van der Waals surface area contributed by atoms with Crippen molar-refractivity contribution in [1.29, 1.82) is 0 Å². The Morgan fingerprint density at radius 3 is 2.56 bits per heavy atom. The first-order valence-electron chi connectivity index (χ1n) is 8.43. The van der Waals surface area contributed by atoms with E-state index in [4.69, 9.17) is 0 Å². The number of carbonyl (C=O) groups excluding carboxylic acids is 1. The summed E-state index contributed by atoms with van der Waals surface area (Å²) in [4.78, 5) is 25.8. The third kappa shape index (κ3) is 4.25. The first-order valence-corrected chi connectivity index (χ1v) is 8.43. The van der Waals surface area contributed by atoms with E-state index in [1.54, 1.807) is 6.07 Å². The Morgan fingerprint density at radius 2 is 1.88 bits per heavy atom. The summed E-state index contributed by atoms with van der Waals surface area (Å²) in [6, 6.07) is 16.8. The van der Waals surface area contributed by atoms with Crippen LogP contribution in [-0.4, -0.2) is 35.0 Å². The Kier molecular flexibility index (Phi) is 5.14. The fourth-order valence-electron chi connectivity index (χ4n) is 3.31. The van der Waals surface area contributed by atoms with Crippen LogP contribution in [-0.2, 0) is 11.3 Å². The highest BCUT2D eigenvalue weighted by Crippen LogP contribution is 2.25. The maximum absolute atomic E-state index is 12.4. The van der Waals surface area contributed by atoms with Crippen molar-refractivity contribution in [2.75, 3.05) is 18.4 Å². The zero-order valence-electron chi connectivity index (χ0n) is 14.2. The monoisotopic (exact) mass is 338 g/mol. The summed E-state index contributed by atoms with van der Waals surface area (Å²) in [6.07, 6.45) is 0. The van der Waals surface area contributed by atoms with Crippen LogP contribution < -0.4 is 5.32 Å². The number of benzene rings is 2. The van der Waals surface area contributed by atoms with Crippen molar-refractivity contribution in [2.24, 2.45) is 11.8 Å². The number of amides is 1. The van der Waals surface area contributed by atoms with Gasteiger partial charge in [0, 0.05) is 30.9 Å². The highest BCUT2D eigenvalue weighted by atomic mass is 16.4. The Morgan fingerprint density at radius 1 is 1.12 bits per heavy atom. The molecule has 5 nitrogen and oxygen atoms in total. The van der Waals surface area contributed by atoms with Crippen molar-refractivity contribution in [3.63, 3.8) is 0 Å². The van der Waals surface area contributed by atoms with E-state index in [1.165, 1.54) is 0 Å². The Balaban J connectivity index is 1.66. The number of nitrogens with one attached hydrogen (secondary N) is 1. The van der Waals surface area contributed by atoms with Crippen LogP contribution in [0.4, 0.5) is 5.69 Å². The number of nitrogens with zero attached hydrogens (tertiary/aromatic N) is 1. The molecular formula is C20H22N2O3. The van der Waals surface area contributed by atoms with Crippen LogP contribution in [0.15, 0.2) is 54.6 Å². The largest absolute Gasteiger partial charge is 0.481 e. The number of hydrogen-bond acceptors (Lipinski definition) is 3. The second-order valence-electron chi connectivity index (χ2n) is 6.64. The van der Waals surface area contributed by atoms with Crippen molar-refractivity contribution in [3.8, 4) is 0 Å². The summed E-state index contributed by atoms with van der Waals surface area (Å²) in [5.41, 5.74) is 2.37. The molecule has 1 aliphatic rings. The van der Waals surface area contributed by atoms with Crippen LogP contribution in [0.2, 0.25) is 0 Å². The van der Waals surface area contributed by atoms with E-state index in [-0.39, 0.29) is 17.7 Å². The molecule has 0 bridgehead atoms. The average molecular weight is 338 g/mol. The minimum atomic E-state index is -0.731. The van der Waals surface area contributed by atoms with Crippen molar-refractivity contribution >= 4 is 17.6 Å². The van der Waals surface area contributed by atoms with Crippen LogP contribution in [0.5, 0.6) is 0 Å². The van der Waals surface area contributed by atoms with E-state index in [0.29, 0.717) is 18.7 Å². The molecule has 1 amide bonds. The van der Waals surface area contributed by atoms with Crippen LogP contribution in [0.3, 0.4) is 0 Å². The Bertz CT molecular complexity index is 761. The fourth-order valence-corrected chi connectivity index (χ4v) is 3.31. The van der Waals surface area contributed by atoms with Gasteiger partial charge in [0.2, 0.25) is 0 Å². The van der Waals surface area contributed by atoms with Gasteiger partial charge in [-0.15, -0.1) is 0 Å². The lowest BCUT2D eigenvalue weighted by Crippen LogP contribution is -2.23. The number of para-hydroxylation sites is 1. The molecule has 5 heteroatoms. The predicted octanol–water partition coefficient (Wildman–Crippen LogP) is 3.09. The van der Waals surface area contributed by atoms with Gasteiger partial charge in [0.15, 0.2) is 0 Å². The van der Waals surface area contributed by atoms with Crippen molar-refractivity contribution in [2.45, 2.75) is 13.5 Å². The maximum Gasteiger partial charge on any atom is 0.308 e. The summed E-state index contributed by atoms with van der Waals surface area (Å²) in [5, 5.41) is 12.1. The summed E-state index contributed by atoms with van der Waals surface area (Å²) in [7, 11) is 0. The molecule has 1 heterocycles. The molecule has 2 N–H and O–H groups in total.